The molecule has 5 nitrogen and oxygen atoms in total. The van der Waals surface area contributed by atoms with Crippen molar-refractivity contribution >= 4 is 13.6 Å². The van der Waals surface area contributed by atoms with Crippen molar-refractivity contribution in [2.75, 3.05) is 6.66 Å². The zero-order valence-corrected chi connectivity index (χ0v) is 6.71. The molecule has 3 N–H and O–H groups in total. The van der Waals surface area contributed by atoms with Gasteiger partial charge in [0, 0.05) is 13.1 Å². The van der Waals surface area contributed by atoms with Crippen molar-refractivity contribution in [3.63, 3.8) is 0 Å². The first-order valence-electron chi connectivity index (χ1n) is 2.52. The molecule has 0 radical (unpaired) electrons. The van der Waals surface area contributed by atoms with E-state index in [4.69, 9.17) is 14.9 Å². The number of carboxylic acid groups (broad SMARTS) is 1. The normalized spacial score (nSPS) is 9.60. The second-order valence-electron chi connectivity index (χ2n) is 1.58. The van der Waals surface area contributed by atoms with Crippen LogP contribution in [0.4, 0.5) is 0 Å². The lowest BCUT2D eigenvalue weighted by Gasteiger charge is -1.84. The summed E-state index contributed by atoms with van der Waals surface area (Å²) in [6.07, 6.45) is 0.222. The quantitative estimate of drug-likeness (QED) is 0.491. The van der Waals surface area contributed by atoms with Gasteiger partial charge in [-0.05, 0) is 0 Å². The van der Waals surface area contributed by atoms with Gasteiger partial charge in [-0.1, -0.05) is 6.92 Å². The second-order valence-corrected chi connectivity index (χ2v) is 3.25. The predicted molar refractivity (Wildman–Crippen MR) is 35.9 cm³/mol. The Labute approximate surface area is 58.8 Å². The van der Waals surface area contributed by atoms with Crippen molar-refractivity contribution in [3.05, 3.63) is 0 Å². The molecule has 0 saturated heterocycles. The Hall–Kier alpha value is -0.380. The summed E-state index contributed by atoms with van der Waals surface area (Å²) in [7, 11) is -3.64. The summed E-state index contributed by atoms with van der Waals surface area (Å²) < 4.78 is 9.33. The van der Waals surface area contributed by atoms with Crippen molar-refractivity contribution in [2.45, 2.75) is 13.3 Å². The van der Waals surface area contributed by atoms with Crippen LogP contribution >= 0.6 is 7.60 Å². The summed E-state index contributed by atoms with van der Waals surface area (Å²) in [4.78, 5) is 24.6. The van der Waals surface area contributed by atoms with Gasteiger partial charge in [0.05, 0.1) is 0 Å². The first-order chi connectivity index (χ1) is 4.27. The summed E-state index contributed by atoms with van der Waals surface area (Å²) in [6.45, 7) is 2.45. The Bertz CT molecular complexity index is 128. The topological polar surface area (TPSA) is 94.8 Å². The Morgan fingerprint density at radius 3 is 1.60 bits per heavy atom. The lowest BCUT2D eigenvalue weighted by atomic mass is 10.5. The summed E-state index contributed by atoms with van der Waals surface area (Å²) in [5.41, 5.74) is 0. The van der Waals surface area contributed by atoms with E-state index < -0.39 is 13.6 Å². The Morgan fingerprint density at radius 2 is 1.60 bits per heavy atom. The number of hydrogen-bond donors (Lipinski definition) is 3. The fourth-order valence-electron chi connectivity index (χ4n) is 0. The highest BCUT2D eigenvalue weighted by atomic mass is 31.2. The van der Waals surface area contributed by atoms with Gasteiger partial charge in [-0.25, -0.2) is 0 Å². The minimum Gasteiger partial charge on any atom is -0.481 e. The first-order valence-corrected chi connectivity index (χ1v) is 4.58. The molecule has 0 heterocycles. The molecule has 62 valence electrons. The smallest absolute Gasteiger partial charge is 0.322 e. The molecule has 0 aromatic carbocycles. The molecule has 0 amide bonds. The number of hydrogen-bond acceptors (Lipinski definition) is 2. The maximum atomic E-state index is 9.37. The van der Waals surface area contributed by atoms with Gasteiger partial charge in [0.25, 0.3) is 0 Å². The van der Waals surface area contributed by atoms with E-state index in [9.17, 15) is 9.36 Å². The van der Waals surface area contributed by atoms with Crippen LogP contribution in [-0.4, -0.2) is 27.5 Å². The molecule has 0 fully saturated rings. The van der Waals surface area contributed by atoms with Crippen LogP contribution in [0, 0.1) is 0 Å². The number of rotatable bonds is 1. The van der Waals surface area contributed by atoms with E-state index in [1.165, 1.54) is 0 Å². The van der Waals surface area contributed by atoms with Crippen molar-refractivity contribution < 1.29 is 24.3 Å². The van der Waals surface area contributed by atoms with Crippen LogP contribution in [0.1, 0.15) is 13.3 Å². The van der Waals surface area contributed by atoms with Gasteiger partial charge in [-0.2, -0.15) is 0 Å². The molecule has 0 saturated carbocycles. The number of carboxylic acids is 1. The van der Waals surface area contributed by atoms with Crippen LogP contribution < -0.4 is 0 Å². The fourth-order valence-corrected chi connectivity index (χ4v) is 0. The summed E-state index contributed by atoms with van der Waals surface area (Å²) >= 11 is 0. The Morgan fingerprint density at radius 1 is 1.50 bits per heavy atom. The van der Waals surface area contributed by atoms with Crippen LogP contribution in [0.25, 0.3) is 0 Å². The zero-order valence-electron chi connectivity index (χ0n) is 5.81. The molecule has 0 atom stereocenters. The van der Waals surface area contributed by atoms with Crippen molar-refractivity contribution in [3.8, 4) is 0 Å². The maximum absolute atomic E-state index is 9.37. The van der Waals surface area contributed by atoms with E-state index in [2.05, 4.69) is 0 Å². The van der Waals surface area contributed by atoms with Gasteiger partial charge >= 0.3 is 13.6 Å². The standard InChI is InChI=1S/C3H6O2.CH5O3P/c1-2-3(4)5;1-5(2,3)4/h2H2,1H3,(H,4,5);1H3,(H2,2,3,4). The molecular formula is C4H11O5P. The highest BCUT2D eigenvalue weighted by Crippen LogP contribution is 2.26. The molecule has 0 aromatic rings. The van der Waals surface area contributed by atoms with Crippen molar-refractivity contribution in [2.24, 2.45) is 0 Å². The number of aliphatic carboxylic acids is 1. The summed E-state index contributed by atoms with van der Waals surface area (Å²) in [6, 6.07) is 0. The SMILES string of the molecule is CCC(=O)O.CP(=O)(O)O. The third-order valence-corrected chi connectivity index (χ3v) is 0.302. The molecule has 10 heavy (non-hydrogen) atoms. The van der Waals surface area contributed by atoms with Crippen LogP contribution in [0.15, 0.2) is 0 Å². The van der Waals surface area contributed by atoms with E-state index in [1.54, 1.807) is 6.92 Å². The molecule has 0 aliphatic carbocycles. The van der Waals surface area contributed by atoms with E-state index in [1.807, 2.05) is 0 Å². The van der Waals surface area contributed by atoms with Crippen molar-refractivity contribution in [1.82, 2.24) is 0 Å². The predicted octanol–water partition coefficient (Wildman–Crippen LogP) is 0.275. The lowest BCUT2D eigenvalue weighted by molar-refractivity contribution is -0.136. The van der Waals surface area contributed by atoms with Crippen molar-refractivity contribution in [1.29, 1.82) is 0 Å². The lowest BCUT2D eigenvalue weighted by Crippen LogP contribution is -1.86. The van der Waals surface area contributed by atoms with Gasteiger partial charge in [-0.15, -0.1) is 0 Å². The molecule has 0 unspecified atom stereocenters. The molecule has 0 spiro atoms. The van der Waals surface area contributed by atoms with E-state index in [-0.39, 0.29) is 6.42 Å². The summed E-state index contributed by atoms with van der Waals surface area (Å²) in [5, 5.41) is 7.72. The largest absolute Gasteiger partial charge is 0.481 e. The van der Waals surface area contributed by atoms with Gasteiger partial charge < -0.3 is 14.9 Å². The molecule has 0 aliphatic rings. The average Bonchev–Trinajstić information content (AvgIpc) is 1.61. The third-order valence-electron chi connectivity index (χ3n) is 0.302. The molecule has 0 rings (SSSR count). The third kappa shape index (κ3) is 127. The molecule has 6 heteroatoms. The Balaban J connectivity index is 0. The average molecular weight is 170 g/mol. The Kier molecular flexibility index (Phi) is 6.66. The zero-order chi connectivity index (χ0) is 8.78. The van der Waals surface area contributed by atoms with Gasteiger partial charge in [0.15, 0.2) is 0 Å². The minimum atomic E-state index is -3.64. The van der Waals surface area contributed by atoms with Crippen LogP contribution in [-0.2, 0) is 9.36 Å². The summed E-state index contributed by atoms with van der Waals surface area (Å²) in [5.74, 6) is -0.745. The highest BCUT2D eigenvalue weighted by molar-refractivity contribution is 7.50. The monoisotopic (exact) mass is 170 g/mol. The highest BCUT2D eigenvalue weighted by Gasteiger charge is 1.95. The maximum Gasteiger partial charge on any atom is 0.322 e. The van der Waals surface area contributed by atoms with E-state index >= 15 is 0 Å². The van der Waals surface area contributed by atoms with Gasteiger partial charge in [0.1, 0.15) is 0 Å². The molecular weight excluding hydrogens is 159 g/mol. The van der Waals surface area contributed by atoms with Gasteiger partial charge in [0.2, 0.25) is 0 Å². The van der Waals surface area contributed by atoms with Gasteiger partial charge in [-0.3, -0.25) is 9.36 Å². The van der Waals surface area contributed by atoms with Crippen LogP contribution in [0.3, 0.4) is 0 Å². The van der Waals surface area contributed by atoms with Crippen LogP contribution in [0.5, 0.6) is 0 Å². The molecule has 0 bridgehead atoms. The minimum absolute atomic E-state index is 0.222. The first kappa shape index (κ1) is 12.3. The fraction of sp³-hybridized carbons (Fsp3) is 0.750. The molecule has 0 aliphatic heterocycles. The molecule has 0 aromatic heterocycles. The van der Waals surface area contributed by atoms with E-state index in [0.29, 0.717) is 0 Å². The second kappa shape index (κ2) is 5.41. The number of carbonyl (C=O) groups is 1. The van der Waals surface area contributed by atoms with Crippen LogP contribution in [0.2, 0.25) is 0 Å². The van der Waals surface area contributed by atoms with E-state index in [0.717, 1.165) is 6.66 Å².